The quantitative estimate of drug-likeness (QED) is 0.0345. The Morgan fingerprint density at radius 2 is 0.450 bits per heavy atom. The summed E-state index contributed by atoms with van der Waals surface area (Å²) in [7, 11) is 0. The standard InChI is InChI=1S/C54H104O6/c1-4-7-10-13-16-19-21-23-25-26-27-29-30-32-35-38-41-44-47-53(56)59-50-51(49-58-52(55)46-43-40-37-34-18-15-12-9-6-3)60-54(57)48-45-42-39-36-33-31-28-24-22-20-17-14-11-8-5-2/h51H,4-50H2,1-3H3/t51-/m1/s1. The molecule has 0 aromatic heterocycles. The molecule has 0 aromatic rings. The van der Waals surface area contributed by atoms with Crippen LogP contribution in [0, 0.1) is 0 Å². The van der Waals surface area contributed by atoms with Gasteiger partial charge in [-0.1, -0.05) is 271 Å². The molecule has 0 radical (unpaired) electrons. The van der Waals surface area contributed by atoms with Crippen molar-refractivity contribution in [2.24, 2.45) is 0 Å². The van der Waals surface area contributed by atoms with Crippen molar-refractivity contribution in [2.75, 3.05) is 13.2 Å². The second kappa shape index (κ2) is 50.1. The van der Waals surface area contributed by atoms with Crippen LogP contribution in [0.25, 0.3) is 0 Å². The van der Waals surface area contributed by atoms with E-state index in [1.807, 2.05) is 0 Å². The zero-order valence-electron chi connectivity index (χ0n) is 40.8. The summed E-state index contributed by atoms with van der Waals surface area (Å²) >= 11 is 0. The van der Waals surface area contributed by atoms with E-state index < -0.39 is 6.10 Å². The molecule has 0 N–H and O–H groups in total. The van der Waals surface area contributed by atoms with Crippen LogP contribution in [0.5, 0.6) is 0 Å². The van der Waals surface area contributed by atoms with Gasteiger partial charge < -0.3 is 14.2 Å². The summed E-state index contributed by atoms with van der Waals surface area (Å²) in [4.78, 5) is 37.9. The average Bonchev–Trinajstić information content (AvgIpc) is 3.24. The number of hydrogen-bond donors (Lipinski definition) is 0. The predicted octanol–water partition coefficient (Wildman–Crippen LogP) is 17.6. The number of rotatable bonds is 50. The first kappa shape index (κ1) is 58.4. The summed E-state index contributed by atoms with van der Waals surface area (Å²) in [6.45, 7) is 6.67. The number of carbonyl (C=O) groups is 3. The molecule has 0 aliphatic carbocycles. The summed E-state index contributed by atoms with van der Waals surface area (Å²) in [5, 5.41) is 0. The summed E-state index contributed by atoms with van der Waals surface area (Å²) in [5.41, 5.74) is 0. The molecule has 0 spiro atoms. The molecule has 0 aliphatic heterocycles. The Hall–Kier alpha value is -1.59. The third-order valence-electron chi connectivity index (χ3n) is 12.4. The first-order chi connectivity index (χ1) is 29.5. The number of carbonyl (C=O) groups excluding carboxylic acids is 3. The van der Waals surface area contributed by atoms with Crippen molar-refractivity contribution in [3.63, 3.8) is 0 Å². The van der Waals surface area contributed by atoms with Gasteiger partial charge in [-0.2, -0.15) is 0 Å². The molecule has 0 heterocycles. The van der Waals surface area contributed by atoms with Crippen LogP contribution >= 0.6 is 0 Å². The number of hydrogen-bond acceptors (Lipinski definition) is 6. The third kappa shape index (κ3) is 47.5. The molecule has 0 aliphatic rings. The second-order valence-electron chi connectivity index (χ2n) is 18.5. The Labute approximate surface area is 374 Å². The van der Waals surface area contributed by atoms with Gasteiger partial charge in [0.15, 0.2) is 6.10 Å². The summed E-state index contributed by atoms with van der Waals surface area (Å²) in [6, 6.07) is 0. The van der Waals surface area contributed by atoms with Crippen LogP contribution in [0.1, 0.15) is 310 Å². The fourth-order valence-corrected chi connectivity index (χ4v) is 8.27. The third-order valence-corrected chi connectivity index (χ3v) is 12.4. The highest BCUT2D eigenvalue weighted by Crippen LogP contribution is 2.17. The van der Waals surface area contributed by atoms with Gasteiger partial charge in [0.1, 0.15) is 13.2 Å². The predicted molar refractivity (Wildman–Crippen MR) is 257 cm³/mol. The lowest BCUT2D eigenvalue weighted by Gasteiger charge is -2.18. The van der Waals surface area contributed by atoms with Crippen LogP contribution in [0.3, 0.4) is 0 Å². The van der Waals surface area contributed by atoms with E-state index in [2.05, 4.69) is 20.8 Å². The molecule has 0 amide bonds. The van der Waals surface area contributed by atoms with E-state index in [0.717, 1.165) is 57.8 Å². The van der Waals surface area contributed by atoms with Gasteiger partial charge >= 0.3 is 17.9 Å². The first-order valence-electron chi connectivity index (χ1n) is 27.0. The van der Waals surface area contributed by atoms with Crippen LogP contribution in [0.2, 0.25) is 0 Å². The smallest absolute Gasteiger partial charge is 0.306 e. The Kier molecular flexibility index (Phi) is 48.7. The molecule has 0 unspecified atom stereocenters. The number of ether oxygens (including phenoxy) is 3. The Bertz CT molecular complexity index is 889. The average molecular weight is 849 g/mol. The van der Waals surface area contributed by atoms with Crippen LogP contribution in [-0.2, 0) is 28.6 Å². The van der Waals surface area contributed by atoms with Crippen LogP contribution in [0.4, 0.5) is 0 Å². The Morgan fingerprint density at radius 3 is 0.667 bits per heavy atom. The molecule has 6 heteroatoms. The van der Waals surface area contributed by atoms with E-state index in [0.29, 0.717) is 19.3 Å². The summed E-state index contributed by atoms with van der Waals surface area (Å²) in [6.07, 6.45) is 53.8. The van der Waals surface area contributed by atoms with Crippen molar-refractivity contribution in [1.29, 1.82) is 0 Å². The molecule has 0 rings (SSSR count). The lowest BCUT2D eigenvalue weighted by molar-refractivity contribution is -0.167. The van der Waals surface area contributed by atoms with Crippen LogP contribution in [0.15, 0.2) is 0 Å². The number of unbranched alkanes of at least 4 members (excludes halogenated alkanes) is 39. The SMILES string of the molecule is CCCCCCCCCCCCCCCCCCCCC(=O)OC[C@@H](COC(=O)CCCCCCCCCCC)OC(=O)CCCCCCCCCCCCCCCCC. The number of esters is 3. The Balaban J connectivity index is 4.22. The molecule has 0 aromatic carbocycles. The van der Waals surface area contributed by atoms with Gasteiger partial charge in [-0.25, -0.2) is 0 Å². The molecule has 1 atom stereocenters. The van der Waals surface area contributed by atoms with E-state index in [4.69, 9.17) is 14.2 Å². The molecule has 0 saturated heterocycles. The fourth-order valence-electron chi connectivity index (χ4n) is 8.27. The van der Waals surface area contributed by atoms with Crippen molar-refractivity contribution in [3.8, 4) is 0 Å². The molecule has 0 fully saturated rings. The largest absolute Gasteiger partial charge is 0.462 e. The minimum Gasteiger partial charge on any atom is -0.462 e. The van der Waals surface area contributed by atoms with E-state index in [1.54, 1.807) is 0 Å². The minimum absolute atomic E-state index is 0.0617. The molecule has 356 valence electrons. The van der Waals surface area contributed by atoms with Crippen LogP contribution < -0.4 is 0 Å². The van der Waals surface area contributed by atoms with Gasteiger partial charge in [-0.05, 0) is 19.3 Å². The van der Waals surface area contributed by atoms with Gasteiger partial charge in [0.25, 0.3) is 0 Å². The van der Waals surface area contributed by atoms with Gasteiger partial charge in [0.2, 0.25) is 0 Å². The zero-order valence-corrected chi connectivity index (χ0v) is 40.8. The zero-order chi connectivity index (χ0) is 43.7. The lowest BCUT2D eigenvalue weighted by Crippen LogP contribution is -2.30. The van der Waals surface area contributed by atoms with Crippen LogP contribution in [-0.4, -0.2) is 37.2 Å². The van der Waals surface area contributed by atoms with Crippen molar-refractivity contribution < 1.29 is 28.6 Å². The van der Waals surface area contributed by atoms with Crippen molar-refractivity contribution >= 4 is 17.9 Å². The lowest BCUT2D eigenvalue weighted by atomic mass is 10.0. The van der Waals surface area contributed by atoms with Gasteiger partial charge in [-0.15, -0.1) is 0 Å². The van der Waals surface area contributed by atoms with Gasteiger partial charge in [0.05, 0.1) is 0 Å². The van der Waals surface area contributed by atoms with E-state index >= 15 is 0 Å². The minimum atomic E-state index is -0.759. The maximum absolute atomic E-state index is 12.8. The molecule has 0 bridgehead atoms. The monoisotopic (exact) mass is 849 g/mol. The van der Waals surface area contributed by atoms with E-state index in [1.165, 1.54) is 212 Å². The summed E-state index contributed by atoms with van der Waals surface area (Å²) < 4.78 is 16.8. The maximum Gasteiger partial charge on any atom is 0.306 e. The van der Waals surface area contributed by atoms with Crippen molar-refractivity contribution in [3.05, 3.63) is 0 Å². The van der Waals surface area contributed by atoms with E-state index in [9.17, 15) is 14.4 Å². The van der Waals surface area contributed by atoms with E-state index in [-0.39, 0.29) is 31.1 Å². The Morgan fingerprint density at radius 1 is 0.267 bits per heavy atom. The topological polar surface area (TPSA) is 78.9 Å². The first-order valence-corrected chi connectivity index (χ1v) is 27.0. The highest BCUT2D eigenvalue weighted by molar-refractivity contribution is 5.71. The molecular weight excluding hydrogens is 745 g/mol. The van der Waals surface area contributed by atoms with Gasteiger partial charge in [-0.3, -0.25) is 14.4 Å². The van der Waals surface area contributed by atoms with Gasteiger partial charge in [0, 0.05) is 19.3 Å². The normalized spacial score (nSPS) is 11.8. The second-order valence-corrected chi connectivity index (χ2v) is 18.5. The molecule has 0 saturated carbocycles. The summed E-state index contributed by atoms with van der Waals surface area (Å²) in [5.74, 6) is -0.841. The fraction of sp³-hybridized carbons (Fsp3) is 0.944. The maximum atomic E-state index is 12.8. The highest BCUT2D eigenvalue weighted by atomic mass is 16.6. The van der Waals surface area contributed by atoms with Crippen molar-refractivity contribution in [2.45, 2.75) is 316 Å². The molecule has 6 nitrogen and oxygen atoms in total. The highest BCUT2D eigenvalue weighted by Gasteiger charge is 2.19. The van der Waals surface area contributed by atoms with Crippen molar-refractivity contribution in [1.82, 2.24) is 0 Å². The molecule has 60 heavy (non-hydrogen) atoms. The molecular formula is C54H104O6.